The van der Waals surface area contributed by atoms with Crippen LogP contribution in [0.3, 0.4) is 0 Å². The number of nitrogens with zero attached hydrogens (tertiary/aromatic N) is 1. The van der Waals surface area contributed by atoms with Crippen LogP contribution in [0, 0.1) is 5.92 Å². The summed E-state index contributed by atoms with van der Waals surface area (Å²) in [5, 5.41) is 1.83. The van der Waals surface area contributed by atoms with Crippen molar-refractivity contribution in [3.63, 3.8) is 0 Å². The Morgan fingerprint density at radius 3 is 2.64 bits per heavy atom. The Bertz CT molecular complexity index is 336. The lowest BCUT2D eigenvalue weighted by atomic mass is 9.98. The molecule has 1 aliphatic carbocycles. The van der Waals surface area contributed by atoms with Crippen molar-refractivity contribution in [2.45, 2.75) is 12.6 Å². The van der Waals surface area contributed by atoms with Gasteiger partial charge in [-0.3, -0.25) is 0 Å². The van der Waals surface area contributed by atoms with E-state index in [0.717, 1.165) is 6.08 Å². The molecule has 0 aliphatic heterocycles. The highest BCUT2D eigenvalue weighted by Gasteiger charge is 2.39. The topological polar surface area (TPSA) is 12.4 Å². The van der Waals surface area contributed by atoms with Crippen LogP contribution in [0.5, 0.6) is 0 Å². The number of isothiocyanates is 1. The average molecular weight is 223 g/mol. The molecule has 1 unspecified atom stereocenters. The van der Waals surface area contributed by atoms with E-state index < -0.39 is 30.0 Å². The van der Waals surface area contributed by atoms with Gasteiger partial charge in [-0.2, -0.15) is 18.2 Å². The van der Waals surface area contributed by atoms with Crippen LogP contribution in [0.15, 0.2) is 28.7 Å². The Hall–Kier alpha value is -1.00. The lowest BCUT2D eigenvalue weighted by molar-refractivity contribution is -0.160. The Morgan fingerprint density at radius 2 is 2.14 bits per heavy atom. The molecule has 0 radical (unpaired) electrons. The van der Waals surface area contributed by atoms with Gasteiger partial charge in [0.15, 0.2) is 0 Å². The maximum Gasteiger partial charge on any atom is 0.395 e. The zero-order valence-electron chi connectivity index (χ0n) is 6.81. The smallest absolute Gasteiger partial charge is 0.205 e. The highest BCUT2D eigenvalue weighted by molar-refractivity contribution is 7.78. The third kappa shape index (κ3) is 2.49. The summed E-state index contributed by atoms with van der Waals surface area (Å²) in [6.07, 6.45) is -3.20. The number of hydrogen-bond donors (Lipinski definition) is 0. The second-order valence-corrected chi connectivity index (χ2v) is 2.87. The molecule has 0 fully saturated rings. The monoisotopic (exact) mass is 223 g/mol. The quantitative estimate of drug-likeness (QED) is 0.377. The summed E-state index contributed by atoms with van der Waals surface area (Å²) >= 11 is 4.19. The zero-order chi connectivity index (χ0) is 10.8. The molecule has 0 heterocycles. The van der Waals surface area contributed by atoms with E-state index in [1.807, 2.05) is 5.16 Å². The molecule has 0 saturated heterocycles. The SMILES string of the molecule is FC1=CCC(C(F)(F)F)C=C1N=C=S. The van der Waals surface area contributed by atoms with Crippen molar-refractivity contribution in [1.82, 2.24) is 0 Å². The van der Waals surface area contributed by atoms with Crippen LogP contribution in [0.25, 0.3) is 0 Å². The maximum absolute atomic E-state index is 12.8. The van der Waals surface area contributed by atoms with Crippen molar-refractivity contribution in [3.8, 4) is 0 Å². The zero-order valence-corrected chi connectivity index (χ0v) is 7.62. The van der Waals surface area contributed by atoms with Gasteiger partial charge in [0, 0.05) is 0 Å². The van der Waals surface area contributed by atoms with Gasteiger partial charge in [0.2, 0.25) is 0 Å². The molecule has 0 spiro atoms. The third-order valence-electron chi connectivity index (χ3n) is 1.74. The van der Waals surface area contributed by atoms with Crippen LogP contribution in [0.1, 0.15) is 6.42 Å². The van der Waals surface area contributed by atoms with Crippen LogP contribution < -0.4 is 0 Å². The second kappa shape index (κ2) is 4.02. The van der Waals surface area contributed by atoms with Crippen molar-refractivity contribution in [3.05, 3.63) is 23.7 Å². The van der Waals surface area contributed by atoms with Crippen LogP contribution in [0.2, 0.25) is 0 Å². The number of hydrogen-bond acceptors (Lipinski definition) is 2. The number of rotatable bonds is 1. The molecule has 1 nitrogen and oxygen atoms in total. The van der Waals surface area contributed by atoms with Crippen molar-refractivity contribution < 1.29 is 17.6 Å². The molecule has 1 aliphatic rings. The Morgan fingerprint density at radius 1 is 1.50 bits per heavy atom. The number of aliphatic imine (C=N–C) groups is 1. The van der Waals surface area contributed by atoms with Crippen LogP contribution in [-0.2, 0) is 0 Å². The van der Waals surface area contributed by atoms with Crippen molar-refractivity contribution in [2.24, 2.45) is 10.9 Å². The van der Waals surface area contributed by atoms with Crippen molar-refractivity contribution in [1.29, 1.82) is 0 Å². The Labute approximate surface area is 82.8 Å². The minimum Gasteiger partial charge on any atom is -0.205 e. The number of allylic oxidation sites excluding steroid dienone is 3. The molecule has 14 heavy (non-hydrogen) atoms. The number of thiocarbonyl (C=S) groups is 1. The lowest BCUT2D eigenvalue weighted by Gasteiger charge is -2.18. The molecule has 0 N–H and O–H groups in total. The highest BCUT2D eigenvalue weighted by Crippen LogP contribution is 2.35. The molecule has 0 amide bonds. The minimum absolute atomic E-state index is 0.395. The molecular formula is C8H5F4NS. The van der Waals surface area contributed by atoms with E-state index in [1.54, 1.807) is 0 Å². The van der Waals surface area contributed by atoms with Gasteiger partial charge in [-0.05, 0) is 30.8 Å². The molecule has 1 rings (SSSR count). The molecule has 76 valence electrons. The summed E-state index contributed by atoms with van der Waals surface area (Å²) < 4.78 is 49.4. The maximum atomic E-state index is 12.8. The Balaban J connectivity index is 2.96. The molecule has 0 aromatic carbocycles. The molecule has 6 heteroatoms. The van der Waals surface area contributed by atoms with Crippen LogP contribution >= 0.6 is 12.2 Å². The fourth-order valence-electron chi connectivity index (χ4n) is 1.04. The van der Waals surface area contributed by atoms with Gasteiger partial charge in [-0.25, -0.2) is 4.39 Å². The third-order valence-corrected chi connectivity index (χ3v) is 1.83. The standard InChI is InChI=1S/C8H5F4NS/c9-6-2-1-5(8(10,11)12)3-7(6)13-4-14/h2-3,5H,1H2. The number of halogens is 4. The molecule has 0 aromatic rings. The van der Waals surface area contributed by atoms with Gasteiger partial charge in [0.25, 0.3) is 0 Å². The van der Waals surface area contributed by atoms with Gasteiger partial charge in [-0.1, -0.05) is 0 Å². The first-order valence-corrected chi connectivity index (χ1v) is 4.08. The fraction of sp³-hybridized carbons (Fsp3) is 0.375. The van der Waals surface area contributed by atoms with E-state index in [0.29, 0.717) is 6.08 Å². The summed E-state index contributed by atoms with van der Waals surface area (Å²) in [6, 6.07) is 0. The molecule has 0 bridgehead atoms. The normalized spacial score (nSPS) is 22.1. The van der Waals surface area contributed by atoms with Crippen molar-refractivity contribution in [2.75, 3.05) is 0 Å². The van der Waals surface area contributed by atoms with E-state index in [9.17, 15) is 17.6 Å². The Kier molecular flexibility index (Phi) is 3.18. The molecule has 0 aromatic heterocycles. The highest BCUT2D eigenvalue weighted by atomic mass is 32.1. The van der Waals surface area contributed by atoms with Gasteiger partial charge in [0.1, 0.15) is 11.5 Å². The lowest BCUT2D eigenvalue weighted by Crippen LogP contribution is -2.22. The minimum atomic E-state index is -4.38. The summed E-state index contributed by atoms with van der Waals surface area (Å²) in [6.45, 7) is 0. The van der Waals surface area contributed by atoms with E-state index >= 15 is 0 Å². The van der Waals surface area contributed by atoms with Crippen LogP contribution in [0.4, 0.5) is 17.6 Å². The summed E-state index contributed by atoms with van der Waals surface area (Å²) in [5.41, 5.74) is -0.395. The predicted octanol–water partition coefficient (Wildman–Crippen LogP) is 3.41. The predicted molar refractivity (Wildman–Crippen MR) is 46.5 cm³/mol. The van der Waals surface area contributed by atoms with E-state index in [-0.39, 0.29) is 0 Å². The van der Waals surface area contributed by atoms with Gasteiger partial charge in [-0.15, -0.1) is 0 Å². The van der Waals surface area contributed by atoms with E-state index in [1.165, 1.54) is 0 Å². The molecule has 0 saturated carbocycles. The average Bonchev–Trinajstić information content (AvgIpc) is 2.07. The second-order valence-electron chi connectivity index (χ2n) is 2.69. The van der Waals surface area contributed by atoms with Gasteiger partial charge >= 0.3 is 6.18 Å². The summed E-state index contributed by atoms with van der Waals surface area (Å²) in [4.78, 5) is 3.21. The summed E-state index contributed by atoms with van der Waals surface area (Å²) in [7, 11) is 0. The first kappa shape index (κ1) is 11.1. The first-order valence-electron chi connectivity index (χ1n) is 3.67. The first-order chi connectivity index (χ1) is 6.45. The fourth-order valence-corrected chi connectivity index (χ4v) is 1.14. The van der Waals surface area contributed by atoms with E-state index in [2.05, 4.69) is 17.2 Å². The largest absolute Gasteiger partial charge is 0.395 e. The number of alkyl halides is 3. The van der Waals surface area contributed by atoms with E-state index in [4.69, 9.17) is 0 Å². The summed E-state index contributed by atoms with van der Waals surface area (Å²) in [5.74, 6) is -2.48. The molecule has 1 atom stereocenters. The molecular weight excluding hydrogens is 218 g/mol. The van der Waals surface area contributed by atoms with Crippen molar-refractivity contribution >= 4 is 17.4 Å². The van der Waals surface area contributed by atoms with Gasteiger partial charge < -0.3 is 0 Å². The van der Waals surface area contributed by atoms with Crippen LogP contribution in [-0.4, -0.2) is 11.3 Å². The van der Waals surface area contributed by atoms with Gasteiger partial charge in [0.05, 0.1) is 11.1 Å².